The predicted octanol–water partition coefficient (Wildman–Crippen LogP) is 3.89. The summed E-state index contributed by atoms with van der Waals surface area (Å²) in [6, 6.07) is 8.19. The SMILES string of the molecule is Cc1ccc(C(N)Cc2cc(Cl)cc3c2OCC3)s1. The third-order valence-corrected chi connectivity index (χ3v) is 4.74. The number of thiophene rings is 1. The van der Waals surface area contributed by atoms with Crippen LogP contribution >= 0.6 is 22.9 Å². The third kappa shape index (κ3) is 2.64. The molecule has 3 rings (SSSR count). The Balaban J connectivity index is 1.87. The first kappa shape index (κ1) is 13.0. The topological polar surface area (TPSA) is 35.2 Å². The first-order chi connectivity index (χ1) is 9.13. The second-order valence-electron chi connectivity index (χ2n) is 4.91. The molecule has 0 radical (unpaired) electrons. The standard InChI is InChI=1S/C15H16ClNOS/c1-9-2-3-14(19-9)13(17)8-11-7-12(16)6-10-4-5-18-15(10)11/h2-3,6-7,13H,4-5,8,17H2,1H3. The molecule has 1 aliphatic heterocycles. The molecule has 0 spiro atoms. The van der Waals surface area contributed by atoms with E-state index in [1.54, 1.807) is 11.3 Å². The fraction of sp³-hybridized carbons (Fsp3) is 0.333. The van der Waals surface area contributed by atoms with Crippen LogP contribution in [0.4, 0.5) is 0 Å². The van der Waals surface area contributed by atoms with Crippen molar-refractivity contribution in [1.29, 1.82) is 0 Å². The molecule has 1 aromatic heterocycles. The summed E-state index contributed by atoms with van der Waals surface area (Å²) < 4.78 is 5.72. The van der Waals surface area contributed by atoms with E-state index in [1.165, 1.54) is 15.3 Å². The monoisotopic (exact) mass is 293 g/mol. The number of fused-ring (bicyclic) bond motifs is 1. The van der Waals surface area contributed by atoms with Crippen LogP contribution in [0.5, 0.6) is 5.75 Å². The summed E-state index contributed by atoms with van der Waals surface area (Å²) in [5.74, 6) is 0.994. The number of ether oxygens (including phenoxy) is 1. The minimum Gasteiger partial charge on any atom is -0.493 e. The average Bonchev–Trinajstić information content (AvgIpc) is 2.97. The molecular formula is C15H16ClNOS. The summed E-state index contributed by atoms with van der Waals surface area (Å²) in [5.41, 5.74) is 8.63. The molecule has 2 N–H and O–H groups in total. The van der Waals surface area contributed by atoms with Crippen LogP contribution in [-0.2, 0) is 12.8 Å². The van der Waals surface area contributed by atoms with Gasteiger partial charge in [-0.25, -0.2) is 0 Å². The fourth-order valence-corrected chi connectivity index (χ4v) is 3.63. The smallest absolute Gasteiger partial charge is 0.125 e. The van der Waals surface area contributed by atoms with Gasteiger partial charge < -0.3 is 10.5 Å². The van der Waals surface area contributed by atoms with E-state index >= 15 is 0 Å². The van der Waals surface area contributed by atoms with E-state index in [9.17, 15) is 0 Å². The van der Waals surface area contributed by atoms with Crippen LogP contribution in [0, 0.1) is 6.92 Å². The van der Waals surface area contributed by atoms with E-state index in [1.807, 2.05) is 12.1 Å². The summed E-state index contributed by atoms with van der Waals surface area (Å²) in [6.07, 6.45) is 1.71. The molecule has 100 valence electrons. The lowest BCUT2D eigenvalue weighted by Gasteiger charge is -2.13. The van der Waals surface area contributed by atoms with E-state index in [0.717, 1.165) is 35.8 Å². The third-order valence-electron chi connectivity index (χ3n) is 3.39. The Morgan fingerprint density at radius 3 is 3.00 bits per heavy atom. The molecule has 1 atom stereocenters. The molecule has 1 unspecified atom stereocenters. The van der Waals surface area contributed by atoms with Crippen molar-refractivity contribution in [2.45, 2.75) is 25.8 Å². The summed E-state index contributed by atoms with van der Waals surface area (Å²) in [6.45, 7) is 2.84. The predicted molar refractivity (Wildman–Crippen MR) is 80.3 cm³/mol. The number of hydrogen-bond acceptors (Lipinski definition) is 3. The number of nitrogens with two attached hydrogens (primary N) is 1. The maximum absolute atomic E-state index is 6.30. The van der Waals surface area contributed by atoms with Gasteiger partial charge >= 0.3 is 0 Å². The van der Waals surface area contributed by atoms with Crippen molar-refractivity contribution in [2.24, 2.45) is 5.73 Å². The van der Waals surface area contributed by atoms with Gasteiger partial charge in [-0.3, -0.25) is 0 Å². The van der Waals surface area contributed by atoms with Crippen molar-refractivity contribution in [1.82, 2.24) is 0 Å². The van der Waals surface area contributed by atoms with E-state index in [0.29, 0.717) is 0 Å². The Morgan fingerprint density at radius 1 is 1.42 bits per heavy atom. The highest BCUT2D eigenvalue weighted by Crippen LogP contribution is 2.35. The van der Waals surface area contributed by atoms with Gasteiger partial charge in [-0.2, -0.15) is 0 Å². The zero-order chi connectivity index (χ0) is 13.4. The van der Waals surface area contributed by atoms with Gasteiger partial charge in [0.1, 0.15) is 5.75 Å². The van der Waals surface area contributed by atoms with Crippen LogP contribution in [0.1, 0.15) is 26.9 Å². The van der Waals surface area contributed by atoms with Gasteiger partial charge in [0, 0.05) is 27.2 Å². The van der Waals surface area contributed by atoms with E-state index in [-0.39, 0.29) is 6.04 Å². The lowest BCUT2D eigenvalue weighted by molar-refractivity contribution is 0.352. The lowest BCUT2D eigenvalue weighted by Crippen LogP contribution is -2.12. The largest absolute Gasteiger partial charge is 0.493 e. The van der Waals surface area contributed by atoms with Crippen molar-refractivity contribution in [2.75, 3.05) is 6.61 Å². The molecule has 0 saturated heterocycles. The van der Waals surface area contributed by atoms with E-state index < -0.39 is 0 Å². The Bertz CT molecular complexity index is 608. The van der Waals surface area contributed by atoms with Crippen molar-refractivity contribution in [3.05, 3.63) is 50.2 Å². The fourth-order valence-electron chi connectivity index (χ4n) is 2.49. The van der Waals surface area contributed by atoms with Crippen molar-refractivity contribution >= 4 is 22.9 Å². The molecule has 2 nitrogen and oxygen atoms in total. The quantitative estimate of drug-likeness (QED) is 0.932. The second kappa shape index (κ2) is 5.16. The number of rotatable bonds is 3. The van der Waals surface area contributed by atoms with Gasteiger partial charge in [0.25, 0.3) is 0 Å². The Hall–Kier alpha value is -1.03. The van der Waals surface area contributed by atoms with E-state index in [4.69, 9.17) is 22.1 Å². The molecule has 2 heterocycles. The van der Waals surface area contributed by atoms with Crippen LogP contribution in [0.25, 0.3) is 0 Å². The van der Waals surface area contributed by atoms with Crippen molar-refractivity contribution in [3.8, 4) is 5.75 Å². The van der Waals surface area contributed by atoms with Gasteiger partial charge in [0.2, 0.25) is 0 Å². The highest BCUT2D eigenvalue weighted by atomic mass is 35.5. The summed E-state index contributed by atoms with van der Waals surface area (Å²) in [7, 11) is 0. The number of benzene rings is 1. The normalized spacial score (nSPS) is 15.1. The molecule has 19 heavy (non-hydrogen) atoms. The zero-order valence-corrected chi connectivity index (χ0v) is 12.4. The first-order valence-electron chi connectivity index (χ1n) is 6.39. The minimum atomic E-state index is 0.00506. The van der Waals surface area contributed by atoms with Crippen LogP contribution in [0.15, 0.2) is 24.3 Å². The van der Waals surface area contributed by atoms with Crippen LogP contribution < -0.4 is 10.5 Å². The molecule has 0 saturated carbocycles. The molecule has 0 bridgehead atoms. The molecule has 4 heteroatoms. The molecule has 0 aliphatic carbocycles. The molecule has 1 aliphatic rings. The van der Waals surface area contributed by atoms with Gasteiger partial charge in [-0.15, -0.1) is 11.3 Å². The number of halogens is 1. The summed E-state index contributed by atoms with van der Waals surface area (Å²) >= 11 is 7.92. The summed E-state index contributed by atoms with van der Waals surface area (Å²) in [5, 5.41) is 0.772. The Kier molecular flexibility index (Phi) is 3.52. The second-order valence-corrected chi connectivity index (χ2v) is 6.67. The van der Waals surface area contributed by atoms with Gasteiger partial charge in [0.15, 0.2) is 0 Å². The van der Waals surface area contributed by atoms with Crippen molar-refractivity contribution in [3.63, 3.8) is 0 Å². The van der Waals surface area contributed by atoms with Crippen LogP contribution in [0.2, 0.25) is 5.02 Å². The molecule has 1 aromatic carbocycles. The average molecular weight is 294 g/mol. The molecular weight excluding hydrogens is 278 g/mol. The maximum Gasteiger partial charge on any atom is 0.125 e. The zero-order valence-electron chi connectivity index (χ0n) is 10.8. The van der Waals surface area contributed by atoms with Gasteiger partial charge in [-0.1, -0.05) is 11.6 Å². The minimum absolute atomic E-state index is 0.00506. The first-order valence-corrected chi connectivity index (χ1v) is 7.59. The lowest BCUT2D eigenvalue weighted by atomic mass is 10.0. The van der Waals surface area contributed by atoms with Gasteiger partial charge in [0.05, 0.1) is 6.61 Å². The number of aryl methyl sites for hydroxylation is 1. The highest BCUT2D eigenvalue weighted by molar-refractivity contribution is 7.12. The van der Waals surface area contributed by atoms with Gasteiger partial charge in [-0.05, 0) is 48.7 Å². The van der Waals surface area contributed by atoms with Crippen LogP contribution in [-0.4, -0.2) is 6.61 Å². The summed E-state index contributed by atoms with van der Waals surface area (Å²) in [4.78, 5) is 2.50. The maximum atomic E-state index is 6.30. The number of hydrogen-bond donors (Lipinski definition) is 1. The molecule has 2 aromatic rings. The Labute approximate surface area is 122 Å². The van der Waals surface area contributed by atoms with E-state index in [2.05, 4.69) is 19.1 Å². The molecule has 0 amide bonds. The Morgan fingerprint density at radius 2 is 2.26 bits per heavy atom. The van der Waals surface area contributed by atoms with Crippen molar-refractivity contribution < 1.29 is 4.74 Å². The highest BCUT2D eigenvalue weighted by Gasteiger charge is 2.20. The van der Waals surface area contributed by atoms with Crippen LogP contribution in [0.3, 0.4) is 0 Å². The molecule has 0 fully saturated rings.